The van der Waals surface area contributed by atoms with E-state index >= 15 is 0 Å². The van der Waals surface area contributed by atoms with Crippen LogP contribution in [0.4, 0.5) is 0 Å². The molecular weight excluding hydrogens is 649 g/mol. The minimum absolute atomic E-state index is 0.0333. The number of rotatable bonds is 7. The van der Waals surface area contributed by atoms with Crippen molar-refractivity contribution in [1.29, 1.82) is 0 Å². The minimum Gasteiger partial charge on any atom is -0.744 e. The van der Waals surface area contributed by atoms with Crippen molar-refractivity contribution < 1.29 is 25.6 Å². The first-order chi connectivity index (χ1) is 22.3. The molecule has 0 aliphatic heterocycles. The highest BCUT2D eigenvalue weighted by molar-refractivity contribution is 7.97. The Morgan fingerprint density at radius 2 is 0.830 bits per heavy atom. The molecule has 0 heterocycles. The highest BCUT2D eigenvalue weighted by Gasteiger charge is 2.28. The molecule has 0 spiro atoms. The monoisotopic (exact) mass is 682 g/mol. The summed E-state index contributed by atoms with van der Waals surface area (Å²) in [6.45, 7) is 8.26. The van der Waals surface area contributed by atoms with Gasteiger partial charge in [0.05, 0.1) is 15.8 Å². The third-order valence-electron chi connectivity index (χ3n) is 7.36. The van der Waals surface area contributed by atoms with Crippen LogP contribution in [0.25, 0.3) is 10.8 Å². The molecular formula is C38H34O6S3. The van der Waals surface area contributed by atoms with Gasteiger partial charge in [0.2, 0.25) is 0 Å². The number of benzene rings is 6. The molecule has 0 saturated heterocycles. The molecule has 6 aromatic carbocycles. The van der Waals surface area contributed by atoms with E-state index in [9.17, 15) is 21.4 Å². The van der Waals surface area contributed by atoms with Crippen LogP contribution in [-0.4, -0.2) is 21.4 Å². The zero-order chi connectivity index (χ0) is 33.8. The summed E-state index contributed by atoms with van der Waals surface area (Å²) in [5, 5.41) is 1.03. The molecule has 0 saturated carbocycles. The van der Waals surface area contributed by atoms with E-state index in [1.807, 2.05) is 6.92 Å². The molecule has 0 bridgehead atoms. The third-order valence-corrected chi connectivity index (χ3v) is 11.7. The normalized spacial score (nSPS) is 11.6. The van der Waals surface area contributed by atoms with E-state index in [4.69, 9.17) is 4.18 Å². The van der Waals surface area contributed by atoms with Gasteiger partial charge in [-0.1, -0.05) is 82.9 Å². The maximum Gasteiger partial charge on any atom is 0.339 e. The fraction of sp³-hybridized carbons (Fsp3) is 0.105. The van der Waals surface area contributed by atoms with Crippen LogP contribution in [0.2, 0.25) is 0 Å². The lowest BCUT2D eigenvalue weighted by molar-refractivity contribution is 0.463. The highest BCUT2D eigenvalue weighted by atomic mass is 32.2. The van der Waals surface area contributed by atoms with Gasteiger partial charge in [-0.2, -0.15) is 8.42 Å². The fourth-order valence-corrected chi connectivity index (χ4v) is 8.19. The smallest absolute Gasteiger partial charge is 0.339 e. The summed E-state index contributed by atoms with van der Waals surface area (Å²) in [7, 11) is -8.57. The van der Waals surface area contributed by atoms with Crippen LogP contribution < -0.4 is 4.18 Å². The van der Waals surface area contributed by atoms with Crippen molar-refractivity contribution in [2.24, 2.45) is 0 Å². The molecule has 6 nitrogen and oxygen atoms in total. The molecule has 0 fully saturated rings. The Morgan fingerprint density at radius 1 is 0.468 bits per heavy atom. The fourth-order valence-electron chi connectivity index (χ4n) is 4.72. The molecule has 0 aliphatic rings. The molecule has 0 radical (unpaired) electrons. The third kappa shape index (κ3) is 8.69. The molecule has 6 aromatic rings. The Balaban J connectivity index is 0.000000186. The molecule has 47 heavy (non-hydrogen) atoms. The summed E-state index contributed by atoms with van der Waals surface area (Å²) >= 11 is 0. The summed E-state index contributed by atoms with van der Waals surface area (Å²) in [5.41, 5.74) is 4.84. The molecule has 0 amide bonds. The van der Waals surface area contributed by atoms with Gasteiger partial charge < -0.3 is 8.74 Å². The van der Waals surface area contributed by atoms with Crippen LogP contribution >= 0.6 is 0 Å². The van der Waals surface area contributed by atoms with Crippen LogP contribution in [0, 0.1) is 27.7 Å². The van der Waals surface area contributed by atoms with E-state index in [1.54, 1.807) is 12.1 Å². The molecule has 0 N–H and O–H groups in total. The maximum absolute atomic E-state index is 12.3. The molecule has 240 valence electrons. The van der Waals surface area contributed by atoms with Gasteiger partial charge in [-0.05, 0) is 111 Å². The van der Waals surface area contributed by atoms with Crippen LogP contribution in [0.1, 0.15) is 22.3 Å². The van der Waals surface area contributed by atoms with Crippen LogP contribution in [0.5, 0.6) is 5.75 Å². The standard InChI is InChI=1S/C21H21S.C17H14O6S2/c1-16-4-10-19(11-5-16)22(20-12-6-17(2)7-13-20)21-14-8-18(3)9-15-21;1-12-2-7-16(8-3-12)25(21,22)23-15-6-4-14-11-17(24(18,19)20)9-5-13(14)10-15/h4-15H,1-3H3;2-11H,1H3,(H,18,19,20)/q+1;/p-1. The first kappa shape index (κ1) is 33.9. The number of hydrogen-bond donors (Lipinski definition) is 0. The van der Waals surface area contributed by atoms with Crippen LogP contribution in [0.3, 0.4) is 0 Å². The quantitative estimate of drug-likeness (QED) is 0.0951. The second-order valence-corrected chi connectivity index (χ2v) is 16.2. The molecule has 0 unspecified atom stereocenters. The Labute approximate surface area is 279 Å². The van der Waals surface area contributed by atoms with E-state index in [2.05, 4.69) is 93.6 Å². The van der Waals surface area contributed by atoms with E-state index in [0.29, 0.717) is 10.8 Å². The first-order valence-electron chi connectivity index (χ1n) is 14.7. The average Bonchev–Trinajstić information content (AvgIpc) is 3.03. The van der Waals surface area contributed by atoms with Gasteiger partial charge in [-0.25, -0.2) is 8.42 Å². The van der Waals surface area contributed by atoms with Crippen LogP contribution in [0.15, 0.2) is 158 Å². The summed E-state index contributed by atoms with van der Waals surface area (Å²) in [4.78, 5) is 3.81. The van der Waals surface area contributed by atoms with Crippen molar-refractivity contribution in [2.75, 3.05) is 0 Å². The maximum atomic E-state index is 12.3. The molecule has 9 heteroatoms. The topological polar surface area (TPSA) is 101 Å². The van der Waals surface area contributed by atoms with Gasteiger partial charge in [0.15, 0.2) is 14.7 Å². The number of aryl methyl sites for hydroxylation is 4. The molecule has 6 rings (SSSR count). The van der Waals surface area contributed by atoms with Gasteiger partial charge in [0.25, 0.3) is 0 Å². The van der Waals surface area contributed by atoms with Crippen LogP contribution in [-0.2, 0) is 31.1 Å². The lowest BCUT2D eigenvalue weighted by Crippen LogP contribution is -2.09. The SMILES string of the molecule is Cc1ccc(S(=O)(=O)Oc2ccc3cc(S(=O)(=O)[O-])ccc3c2)cc1.Cc1ccc([S+](c2ccc(C)cc2)c2ccc(C)cc2)cc1. The second-order valence-electron chi connectivity index (χ2n) is 11.2. The van der Waals surface area contributed by atoms with Crippen molar-refractivity contribution in [3.63, 3.8) is 0 Å². The Kier molecular flexibility index (Phi) is 10.2. The van der Waals surface area contributed by atoms with E-state index in [1.165, 1.54) is 79.9 Å². The largest absolute Gasteiger partial charge is 0.744 e. The van der Waals surface area contributed by atoms with Gasteiger partial charge in [-0.3, -0.25) is 0 Å². The van der Waals surface area contributed by atoms with Crippen molar-refractivity contribution >= 4 is 41.9 Å². The summed E-state index contributed by atoms with van der Waals surface area (Å²) in [6, 6.07) is 41.2. The summed E-state index contributed by atoms with van der Waals surface area (Å²) in [6.07, 6.45) is 0. The highest BCUT2D eigenvalue weighted by Crippen LogP contribution is 2.32. The van der Waals surface area contributed by atoms with Crippen molar-refractivity contribution in [1.82, 2.24) is 0 Å². The van der Waals surface area contributed by atoms with Gasteiger partial charge in [0, 0.05) is 0 Å². The van der Waals surface area contributed by atoms with E-state index in [-0.39, 0.29) is 26.4 Å². The summed E-state index contributed by atoms with van der Waals surface area (Å²) in [5.74, 6) is 0.0887. The molecule has 0 atom stereocenters. The van der Waals surface area contributed by atoms with Gasteiger partial charge in [-0.15, -0.1) is 0 Å². The lowest BCUT2D eigenvalue weighted by atomic mass is 10.1. The lowest BCUT2D eigenvalue weighted by Gasteiger charge is -2.10. The average molecular weight is 683 g/mol. The van der Waals surface area contributed by atoms with E-state index in [0.717, 1.165) is 5.56 Å². The van der Waals surface area contributed by atoms with E-state index < -0.39 is 20.2 Å². The predicted molar refractivity (Wildman–Crippen MR) is 187 cm³/mol. The van der Waals surface area contributed by atoms with Crippen molar-refractivity contribution in [3.05, 3.63) is 156 Å². The Bertz CT molecular complexity index is 2100. The predicted octanol–water partition coefficient (Wildman–Crippen LogP) is 8.53. The van der Waals surface area contributed by atoms with Gasteiger partial charge >= 0.3 is 10.1 Å². The zero-order valence-electron chi connectivity index (χ0n) is 26.4. The Morgan fingerprint density at radius 3 is 1.26 bits per heavy atom. The Hall–Kier alpha value is -4.41. The summed E-state index contributed by atoms with van der Waals surface area (Å²) < 4.78 is 62.9. The number of hydrogen-bond acceptors (Lipinski definition) is 6. The zero-order valence-corrected chi connectivity index (χ0v) is 28.8. The minimum atomic E-state index is -4.55. The number of fused-ring (bicyclic) bond motifs is 1. The second kappa shape index (κ2) is 14.1. The van der Waals surface area contributed by atoms with Crippen molar-refractivity contribution in [2.45, 2.75) is 52.2 Å². The van der Waals surface area contributed by atoms with Gasteiger partial charge in [0.1, 0.15) is 20.8 Å². The molecule has 0 aromatic heterocycles. The first-order valence-corrected chi connectivity index (χ1v) is 18.8. The molecule has 0 aliphatic carbocycles. The van der Waals surface area contributed by atoms with Crippen molar-refractivity contribution in [3.8, 4) is 5.75 Å².